The van der Waals surface area contributed by atoms with Crippen LogP contribution in [-0.4, -0.2) is 23.5 Å². The van der Waals surface area contributed by atoms with Crippen molar-refractivity contribution < 1.29 is 9.67 Å². The van der Waals surface area contributed by atoms with Crippen molar-refractivity contribution in [1.29, 1.82) is 0 Å². The van der Waals surface area contributed by atoms with Gasteiger partial charge in [-0.1, -0.05) is 129 Å². The molecule has 0 bridgehead atoms. The molecule has 169 valence electrons. The van der Waals surface area contributed by atoms with E-state index in [-0.39, 0.29) is 6.10 Å². The molecule has 2 atom stereocenters. The van der Waals surface area contributed by atoms with Gasteiger partial charge in [-0.15, -0.1) is 0 Å². The number of aliphatic hydroxyl groups excluding tert-OH is 1. The summed E-state index contributed by atoms with van der Waals surface area (Å²) in [6, 6.07) is 0. The third-order valence-electron chi connectivity index (χ3n) is 5.90. The zero-order valence-electron chi connectivity index (χ0n) is 19.4. The summed E-state index contributed by atoms with van der Waals surface area (Å²) >= 11 is 0. The summed E-state index contributed by atoms with van der Waals surface area (Å²) in [4.78, 5) is 0. The van der Waals surface area contributed by atoms with Crippen LogP contribution < -0.4 is 0 Å². The fourth-order valence-corrected chi connectivity index (χ4v) is 5.31. The topological polar surface area (TPSA) is 37.3 Å². The fourth-order valence-electron chi connectivity index (χ4n) is 3.82. The van der Waals surface area contributed by atoms with Crippen molar-refractivity contribution in [2.45, 2.75) is 148 Å². The number of hydrogen-bond donors (Lipinski definition) is 1. The van der Waals surface area contributed by atoms with Crippen LogP contribution in [0.2, 0.25) is 0 Å². The number of aliphatic hydroxyl groups is 1. The summed E-state index contributed by atoms with van der Waals surface area (Å²) in [7, 11) is -1.17. The van der Waals surface area contributed by atoms with Crippen LogP contribution in [-0.2, 0) is 4.57 Å². The average Bonchev–Trinajstić information content (AvgIpc) is 2.69. The second-order valence-electron chi connectivity index (χ2n) is 8.81. The highest BCUT2D eigenvalue weighted by Crippen LogP contribution is 2.25. The zero-order valence-corrected chi connectivity index (χ0v) is 20.3. The molecular formula is C25H52O2P. The third-order valence-corrected chi connectivity index (χ3v) is 7.54. The maximum absolute atomic E-state index is 11.8. The van der Waals surface area contributed by atoms with Crippen molar-refractivity contribution in [3.05, 3.63) is 0 Å². The van der Waals surface area contributed by atoms with Gasteiger partial charge in [0.25, 0.3) is 0 Å². The van der Waals surface area contributed by atoms with E-state index in [2.05, 4.69) is 6.92 Å². The van der Waals surface area contributed by atoms with Gasteiger partial charge in [-0.2, -0.15) is 0 Å². The second-order valence-corrected chi connectivity index (χ2v) is 10.6. The van der Waals surface area contributed by atoms with Gasteiger partial charge < -0.3 is 5.11 Å². The van der Waals surface area contributed by atoms with Gasteiger partial charge in [-0.3, -0.25) is 4.57 Å². The van der Waals surface area contributed by atoms with Crippen LogP contribution in [0.15, 0.2) is 0 Å². The Morgan fingerprint density at radius 3 is 1.21 bits per heavy atom. The summed E-state index contributed by atoms with van der Waals surface area (Å²) in [6.45, 7) is 4.24. The van der Waals surface area contributed by atoms with Crippen molar-refractivity contribution >= 4 is 7.80 Å². The maximum atomic E-state index is 11.8. The van der Waals surface area contributed by atoms with Gasteiger partial charge in [0.05, 0.1) is 13.9 Å². The van der Waals surface area contributed by atoms with Crippen LogP contribution in [0.25, 0.3) is 0 Å². The Kier molecular flexibility index (Phi) is 23.4. The molecule has 0 rings (SSSR count). The lowest BCUT2D eigenvalue weighted by Gasteiger charge is -2.06. The Balaban J connectivity index is 3.09. The molecule has 0 fully saturated rings. The molecule has 0 amide bonds. The first-order valence-electron chi connectivity index (χ1n) is 12.8. The quantitative estimate of drug-likeness (QED) is 0.133. The summed E-state index contributed by atoms with van der Waals surface area (Å²) in [6.07, 6.45) is 28.1. The van der Waals surface area contributed by atoms with E-state index in [9.17, 15) is 9.67 Å². The first kappa shape index (κ1) is 28.1. The maximum Gasteiger partial charge on any atom is 0.0744 e. The van der Waals surface area contributed by atoms with E-state index >= 15 is 0 Å². The normalized spacial score (nSPS) is 13.0. The first-order valence-corrected chi connectivity index (χ1v) is 14.4. The van der Waals surface area contributed by atoms with E-state index < -0.39 is 7.80 Å². The first-order chi connectivity index (χ1) is 13.7. The van der Waals surface area contributed by atoms with Gasteiger partial charge in [0.2, 0.25) is 0 Å². The third kappa shape index (κ3) is 22.4. The van der Waals surface area contributed by atoms with Crippen molar-refractivity contribution in [3.8, 4) is 0 Å². The van der Waals surface area contributed by atoms with Crippen LogP contribution in [0, 0.1) is 0 Å². The minimum absolute atomic E-state index is 0.357. The fraction of sp³-hybridized carbons (Fsp3) is 1.00. The van der Waals surface area contributed by atoms with Gasteiger partial charge in [0.1, 0.15) is 0 Å². The molecule has 0 saturated heterocycles. The van der Waals surface area contributed by atoms with Gasteiger partial charge in [-0.25, -0.2) is 0 Å². The van der Waals surface area contributed by atoms with Gasteiger partial charge in [-0.05, 0) is 12.8 Å². The molecule has 1 N–H and O–H groups in total. The van der Waals surface area contributed by atoms with Crippen molar-refractivity contribution in [2.24, 2.45) is 0 Å². The Hall–Kier alpha value is 0.0600. The number of rotatable bonds is 23. The van der Waals surface area contributed by atoms with Crippen LogP contribution in [0.3, 0.4) is 0 Å². The Labute approximate surface area is 178 Å². The molecular weight excluding hydrogens is 363 g/mol. The zero-order chi connectivity index (χ0) is 20.7. The molecule has 0 spiro atoms. The van der Waals surface area contributed by atoms with Crippen molar-refractivity contribution in [3.63, 3.8) is 0 Å². The number of unbranched alkanes of at least 4 members (excludes halogenated alkanes) is 18. The van der Waals surface area contributed by atoms with E-state index in [4.69, 9.17) is 0 Å². The minimum atomic E-state index is -1.17. The van der Waals surface area contributed by atoms with E-state index in [1.807, 2.05) is 6.92 Å². The highest BCUT2D eigenvalue weighted by molar-refractivity contribution is 7.44. The largest absolute Gasteiger partial charge is 0.392 e. The molecule has 0 aliphatic heterocycles. The van der Waals surface area contributed by atoms with E-state index in [0.717, 1.165) is 19.0 Å². The highest BCUT2D eigenvalue weighted by atomic mass is 31.1. The van der Waals surface area contributed by atoms with Crippen LogP contribution >= 0.6 is 7.80 Å². The van der Waals surface area contributed by atoms with Crippen LogP contribution in [0.5, 0.6) is 0 Å². The number of hydrogen-bond acceptors (Lipinski definition) is 2. The Morgan fingerprint density at radius 2 is 0.893 bits per heavy atom. The average molecular weight is 416 g/mol. The molecule has 28 heavy (non-hydrogen) atoms. The summed E-state index contributed by atoms with van der Waals surface area (Å²) in [5, 5.41) is 9.50. The SMILES string of the molecule is CCCCCCCCCCCCCCCCCCCCC[P](=O)CC(O)CC. The molecule has 0 aromatic rings. The molecule has 0 heterocycles. The molecule has 0 aliphatic carbocycles. The van der Waals surface area contributed by atoms with Crippen molar-refractivity contribution in [1.82, 2.24) is 0 Å². The molecule has 3 heteroatoms. The monoisotopic (exact) mass is 415 g/mol. The molecule has 1 radical (unpaired) electrons. The molecule has 2 nitrogen and oxygen atoms in total. The van der Waals surface area contributed by atoms with Crippen LogP contribution in [0.1, 0.15) is 142 Å². The minimum Gasteiger partial charge on any atom is -0.392 e. The molecule has 0 aliphatic rings. The predicted octanol–water partition coefficient (Wildman–Crippen LogP) is 9.02. The predicted molar refractivity (Wildman–Crippen MR) is 127 cm³/mol. The smallest absolute Gasteiger partial charge is 0.0744 e. The van der Waals surface area contributed by atoms with Gasteiger partial charge in [0, 0.05) is 12.3 Å². The van der Waals surface area contributed by atoms with Gasteiger partial charge in [0.15, 0.2) is 0 Å². The molecule has 0 saturated carbocycles. The van der Waals surface area contributed by atoms with Crippen molar-refractivity contribution in [2.75, 3.05) is 12.3 Å². The summed E-state index contributed by atoms with van der Waals surface area (Å²) in [5.74, 6) is 0. The van der Waals surface area contributed by atoms with Gasteiger partial charge >= 0.3 is 0 Å². The molecule has 0 aromatic heterocycles. The Morgan fingerprint density at radius 1 is 0.571 bits per heavy atom. The lowest BCUT2D eigenvalue weighted by Crippen LogP contribution is -2.07. The lowest BCUT2D eigenvalue weighted by atomic mass is 10.0. The van der Waals surface area contributed by atoms with E-state index in [0.29, 0.717) is 6.16 Å². The van der Waals surface area contributed by atoms with E-state index in [1.165, 1.54) is 116 Å². The molecule has 2 unspecified atom stereocenters. The standard InChI is InChI=1S/C25H52O2P/c1-3-5-6-7-8-9-10-11-12-13-14-15-16-17-18-19-20-21-22-23-28(27)24-25(26)4-2/h25-26H,3-24H2,1-2H3. The van der Waals surface area contributed by atoms with Crippen LogP contribution in [0.4, 0.5) is 0 Å². The summed E-state index contributed by atoms with van der Waals surface area (Å²) < 4.78 is 11.8. The highest BCUT2D eigenvalue weighted by Gasteiger charge is 2.07. The summed E-state index contributed by atoms with van der Waals surface area (Å²) in [5.41, 5.74) is 0. The Bertz CT molecular complexity index is 320. The second kappa shape index (κ2) is 23.3. The lowest BCUT2D eigenvalue weighted by molar-refractivity contribution is 0.193. The van der Waals surface area contributed by atoms with E-state index in [1.54, 1.807) is 0 Å². The molecule has 0 aromatic carbocycles.